The summed E-state index contributed by atoms with van der Waals surface area (Å²) in [6.45, 7) is 5.87. The Bertz CT molecular complexity index is 337. The molecular weight excluding hydrogens is 200 g/mol. The number of rotatable bonds is 6. The molecule has 3 heteroatoms. The van der Waals surface area contributed by atoms with E-state index >= 15 is 0 Å². The van der Waals surface area contributed by atoms with Crippen LogP contribution in [0.25, 0.3) is 0 Å². The Morgan fingerprint density at radius 3 is 2.62 bits per heavy atom. The van der Waals surface area contributed by atoms with E-state index in [-0.39, 0.29) is 0 Å². The van der Waals surface area contributed by atoms with Gasteiger partial charge in [-0.15, -0.1) is 0 Å². The molecule has 0 aliphatic carbocycles. The fourth-order valence-corrected chi connectivity index (χ4v) is 1.80. The number of methoxy groups -OCH3 is 1. The molecule has 1 aromatic rings. The van der Waals surface area contributed by atoms with Gasteiger partial charge in [-0.25, -0.2) is 0 Å². The lowest BCUT2D eigenvalue weighted by molar-refractivity contribution is 0.416. The lowest BCUT2D eigenvalue weighted by Gasteiger charge is -2.14. The van der Waals surface area contributed by atoms with Crippen LogP contribution < -0.4 is 15.8 Å². The summed E-state index contributed by atoms with van der Waals surface area (Å²) in [5.74, 6) is 0.922. The van der Waals surface area contributed by atoms with E-state index in [9.17, 15) is 0 Å². The van der Waals surface area contributed by atoms with Gasteiger partial charge < -0.3 is 15.8 Å². The van der Waals surface area contributed by atoms with E-state index < -0.39 is 0 Å². The number of anilines is 1. The summed E-state index contributed by atoms with van der Waals surface area (Å²) in [5.41, 5.74) is 9.01. The van der Waals surface area contributed by atoms with Crippen molar-refractivity contribution in [3.05, 3.63) is 23.3 Å². The lowest BCUT2D eigenvalue weighted by Crippen LogP contribution is -2.07. The second-order valence-corrected chi connectivity index (χ2v) is 4.08. The zero-order valence-corrected chi connectivity index (χ0v) is 10.5. The molecule has 0 aromatic heterocycles. The van der Waals surface area contributed by atoms with Crippen LogP contribution in [-0.2, 0) is 0 Å². The van der Waals surface area contributed by atoms with Gasteiger partial charge in [0.15, 0.2) is 0 Å². The zero-order chi connectivity index (χ0) is 12.0. The summed E-state index contributed by atoms with van der Waals surface area (Å²) in [6.07, 6.45) is 2.15. The van der Waals surface area contributed by atoms with Crippen LogP contribution in [0.2, 0.25) is 0 Å². The summed E-state index contributed by atoms with van der Waals surface area (Å²) in [4.78, 5) is 0. The Labute approximate surface area is 98.0 Å². The number of nitrogens with two attached hydrogens (primary N) is 1. The number of nitrogens with one attached hydrogen (secondary N) is 1. The molecule has 0 heterocycles. The molecule has 16 heavy (non-hydrogen) atoms. The van der Waals surface area contributed by atoms with Crippen LogP contribution in [0.4, 0.5) is 5.69 Å². The molecule has 0 fully saturated rings. The van der Waals surface area contributed by atoms with Crippen molar-refractivity contribution in [2.75, 3.05) is 25.5 Å². The summed E-state index contributed by atoms with van der Waals surface area (Å²) < 4.78 is 5.38. The minimum Gasteiger partial charge on any atom is -0.495 e. The molecule has 0 saturated heterocycles. The fourth-order valence-electron chi connectivity index (χ4n) is 1.80. The first kappa shape index (κ1) is 12.8. The van der Waals surface area contributed by atoms with Crippen LogP contribution in [0.1, 0.15) is 24.0 Å². The molecule has 0 saturated carbocycles. The Balaban J connectivity index is 2.70. The van der Waals surface area contributed by atoms with Gasteiger partial charge in [-0.1, -0.05) is 6.07 Å². The Morgan fingerprint density at radius 2 is 2.00 bits per heavy atom. The van der Waals surface area contributed by atoms with Gasteiger partial charge in [-0.3, -0.25) is 0 Å². The third-order valence-corrected chi connectivity index (χ3v) is 2.60. The molecule has 0 amide bonds. The van der Waals surface area contributed by atoms with E-state index in [1.165, 1.54) is 11.1 Å². The highest BCUT2D eigenvalue weighted by atomic mass is 16.5. The average Bonchev–Trinajstić information content (AvgIpc) is 2.26. The van der Waals surface area contributed by atoms with Crippen LogP contribution in [0.3, 0.4) is 0 Å². The van der Waals surface area contributed by atoms with Crippen molar-refractivity contribution >= 4 is 5.69 Å². The van der Waals surface area contributed by atoms with E-state index in [0.29, 0.717) is 0 Å². The molecular formula is C13H22N2O. The monoisotopic (exact) mass is 222 g/mol. The van der Waals surface area contributed by atoms with E-state index in [4.69, 9.17) is 10.5 Å². The van der Waals surface area contributed by atoms with Crippen molar-refractivity contribution in [2.45, 2.75) is 26.7 Å². The zero-order valence-electron chi connectivity index (χ0n) is 10.5. The Kier molecular flexibility index (Phi) is 5.12. The van der Waals surface area contributed by atoms with E-state index in [0.717, 1.165) is 37.4 Å². The minimum atomic E-state index is 0.756. The van der Waals surface area contributed by atoms with Gasteiger partial charge in [-0.05, 0) is 50.4 Å². The topological polar surface area (TPSA) is 47.3 Å². The van der Waals surface area contributed by atoms with Crippen LogP contribution in [0.5, 0.6) is 5.75 Å². The molecule has 1 aromatic carbocycles. The lowest BCUT2D eigenvalue weighted by atomic mass is 10.1. The predicted molar refractivity (Wildman–Crippen MR) is 69.2 cm³/mol. The molecule has 0 aliphatic heterocycles. The standard InChI is InChI=1S/C13H22N2O/c1-10-8-11(2)13(12(9-10)16-3)15-7-5-4-6-14/h8-9,15H,4-7,14H2,1-3H3. The average molecular weight is 222 g/mol. The molecule has 1 rings (SSSR count). The van der Waals surface area contributed by atoms with Gasteiger partial charge in [0.2, 0.25) is 0 Å². The fraction of sp³-hybridized carbons (Fsp3) is 0.538. The maximum absolute atomic E-state index is 5.46. The van der Waals surface area contributed by atoms with Gasteiger partial charge in [0, 0.05) is 6.54 Å². The molecule has 0 atom stereocenters. The Morgan fingerprint density at radius 1 is 1.25 bits per heavy atom. The van der Waals surface area contributed by atoms with Crippen molar-refractivity contribution < 1.29 is 4.74 Å². The summed E-state index contributed by atoms with van der Waals surface area (Å²) >= 11 is 0. The number of hydrogen-bond donors (Lipinski definition) is 2. The highest BCUT2D eigenvalue weighted by molar-refractivity contribution is 5.63. The largest absolute Gasteiger partial charge is 0.495 e. The van der Waals surface area contributed by atoms with Crippen molar-refractivity contribution in [3.63, 3.8) is 0 Å². The first-order valence-corrected chi connectivity index (χ1v) is 5.78. The van der Waals surface area contributed by atoms with Crippen LogP contribution in [0, 0.1) is 13.8 Å². The van der Waals surface area contributed by atoms with Gasteiger partial charge in [0.1, 0.15) is 5.75 Å². The second kappa shape index (κ2) is 6.38. The SMILES string of the molecule is COc1cc(C)cc(C)c1NCCCCN. The minimum absolute atomic E-state index is 0.756. The molecule has 3 N–H and O–H groups in total. The van der Waals surface area contributed by atoms with E-state index in [1.54, 1.807) is 7.11 Å². The summed E-state index contributed by atoms with van der Waals surface area (Å²) in [6, 6.07) is 4.21. The highest BCUT2D eigenvalue weighted by Crippen LogP contribution is 2.29. The number of unbranched alkanes of at least 4 members (excludes halogenated alkanes) is 1. The highest BCUT2D eigenvalue weighted by Gasteiger charge is 2.06. The van der Waals surface area contributed by atoms with Gasteiger partial charge in [-0.2, -0.15) is 0 Å². The summed E-state index contributed by atoms with van der Waals surface area (Å²) in [5, 5.41) is 3.41. The normalized spacial score (nSPS) is 10.2. The number of aryl methyl sites for hydroxylation is 2. The molecule has 0 bridgehead atoms. The number of benzene rings is 1. The molecule has 0 unspecified atom stereocenters. The van der Waals surface area contributed by atoms with Crippen molar-refractivity contribution in [1.82, 2.24) is 0 Å². The third-order valence-electron chi connectivity index (χ3n) is 2.60. The van der Waals surface area contributed by atoms with Crippen LogP contribution in [0.15, 0.2) is 12.1 Å². The van der Waals surface area contributed by atoms with Crippen molar-refractivity contribution in [2.24, 2.45) is 5.73 Å². The van der Waals surface area contributed by atoms with Crippen LogP contribution in [-0.4, -0.2) is 20.2 Å². The third kappa shape index (κ3) is 3.42. The molecule has 3 nitrogen and oxygen atoms in total. The van der Waals surface area contributed by atoms with Crippen molar-refractivity contribution in [3.8, 4) is 5.75 Å². The molecule has 0 radical (unpaired) electrons. The van der Waals surface area contributed by atoms with Gasteiger partial charge >= 0.3 is 0 Å². The Hall–Kier alpha value is -1.22. The van der Waals surface area contributed by atoms with E-state index in [2.05, 4.69) is 31.3 Å². The maximum Gasteiger partial charge on any atom is 0.142 e. The second-order valence-electron chi connectivity index (χ2n) is 4.08. The first-order valence-electron chi connectivity index (χ1n) is 5.78. The van der Waals surface area contributed by atoms with Gasteiger partial charge in [0.05, 0.1) is 12.8 Å². The van der Waals surface area contributed by atoms with Crippen LogP contribution >= 0.6 is 0 Å². The van der Waals surface area contributed by atoms with Gasteiger partial charge in [0.25, 0.3) is 0 Å². The quantitative estimate of drug-likeness (QED) is 0.727. The smallest absolute Gasteiger partial charge is 0.142 e. The first-order chi connectivity index (χ1) is 7.69. The molecule has 90 valence electrons. The van der Waals surface area contributed by atoms with Crippen molar-refractivity contribution in [1.29, 1.82) is 0 Å². The molecule has 0 spiro atoms. The number of hydrogen-bond acceptors (Lipinski definition) is 3. The van der Waals surface area contributed by atoms with E-state index in [1.807, 2.05) is 0 Å². The maximum atomic E-state index is 5.46. The predicted octanol–water partition coefficient (Wildman–Crippen LogP) is 2.46. The summed E-state index contributed by atoms with van der Waals surface area (Å²) in [7, 11) is 1.71. The molecule has 0 aliphatic rings. The number of ether oxygens (including phenoxy) is 1.